The molecule has 0 aliphatic carbocycles. The Balaban J connectivity index is 0.000000334. The zero-order valence-electron chi connectivity index (χ0n) is 31.8. The van der Waals surface area contributed by atoms with Gasteiger partial charge in [0.1, 0.15) is 0 Å². The van der Waals surface area contributed by atoms with E-state index in [0.29, 0.717) is 0 Å². The zero-order chi connectivity index (χ0) is 35.7. The summed E-state index contributed by atoms with van der Waals surface area (Å²) in [6.07, 6.45) is 0. The van der Waals surface area contributed by atoms with Crippen molar-refractivity contribution in [1.29, 1.82) is 0 Å². The van der Waals surface area contributed by atoms with Crippen molar-refractivity contribution < 1.29 is 32.2 Å². The normalized spacial score (nSPS) is 10.1. The van der Waals surface area contributed by atoms with Crippen LogP contribution in [0, 0.1) is 56.4 Å². The van der Waals surface area contributed by atoms with Gasteiger partial charge in [-0.05, 0) is 112 Å². The van der Waals surface area contributed by atoms with Gasteiger partial charge in [-0.15, -0.1) is 82.8 Å². The van der Waals surface area contributed by atoms with Crippen molar-refractivity contribution in [3.05, 3.63) is 168 Å². The fourth-order valence-electron chi connectivity index (χ4n) is 6.70. The predicted molar refractivity (Wildman–Crippen MR) is 237 cm³/mol. The van der Waals surface area contributed by atoms with Crippen molar-refractivity contribution in [3.8, 4) is 44.9 Å². The van der Waals surface area contributed by atoms with E-state index in [9.17, 15) is 0 Å². The molecule has 280 valence electrons. The summed E-state index contributed by atoms with van der Waals surface area (Å²) in [7, 11) is 0. The summed E-state index contributed by atoms with van der Waals surface area (Å²) in [6, 6.07) is 37.5. The molecule has 8 aromatic rings. The van der Waals surface area contributed by atoms with Gasteiger partial charge in [-0.3, -0.25) is 0 Å². The standard InChI is InChI=1S/2C22H18ClO.2CH3.2ClH.Si.Zr/c2*1-13-9-17-10-18(21-8-7-14(2)24-21)12-20(17)22(15(13)3)16-5-4-6-19(23)11-16;;;;;;/h2*4-12H,1-3H3;2*1H3;2*1H;;/q4*-1;;;;. The maximum atomic E-state index is 6.23. The SMILES string of the molecule is Cc1ccc(-c2cc3c(-c4cccc(Cl)c4)c(C)c(C)cc3[cH-]2)o1.Cc1ccc(-c2cc3c(-c4cccc(Cl)c4)c(C)c(C)cc3[cH-]2)o1.Cl.Cl.[CH3-].[CH3-].[Si]=[Zr]. The van der Waals surface area contributed by atoms with Gasteiger partial charge in [0, 0.05) is 10.0 Å². The summed E-state index contributed by atoms with van der Waals surface area (Å²) in [4.78, 5) is 0. The summed E-state index contributed by atoms with van der Waals surface area (Å²) >= 11 is 13.8. The number of fused-ring (bicyclic) bond motifs is 2. The van der Waals surface area contributed by atoms with E-state index in [0.717, 1.165) is 55.3 Å². The predicted octanol–water partition coefficient (Wildman–Crippen LogP) is 15.5. The van der Waals surface area contributed by atoms with E-state index in [1.54, 1.807) is 0 Å². The molecule has 0 N–H and O–H groups in total. The molecule has 0 unspecified atom stereocenters. The molecule has 0 bridgehead atoms. The van der Waals surface area contributed by atoms with E-state index in [-0.39, 0.29) is 39.7 Å². The molecule has 2 aromatic heterocycles. The van der Waals surface area contributed by atoms with Crippen LogP contribution in [0.4, 0.5) is 0 Å². The number of hydrogen-bond donors (Lipinski definition) is 0. The van der Waals surface area contributed by atoms with Gasteiger partial charge in [-0.1, -0.05) is 80.8 Å². The van der Waals surface area contributed by atoms with Gasteiger partial charge in [-0.2, -0.15) is 0 Å². The fraction of sp³-hybridized carbons (Fsp3) is 0.130. The fourth-order valence-corrected chi connectivity index (χ4v) is 7.08. The first-order chi connectivity index (χ1) is 24.0. The Hall–Kier alpha value is -3.08. The quantitative estimate of drug-likeness (QED) is 0.130. The van der Waals surface area contributed by atoms with Crippen molar-refractivity contribution in [2.24, 2.45) is 0 Å². The van der Waals surface area contributed by atoms with Crippen molar-refractivity contribution >= 4 is 76.4 Å². The van der Waals surface area contributed by atoms with Crippen LogP contribution in [0.15, 0.2) is 118 Å². The number of rotatable bonds is 4. The second kappa shape index (κ2) is 20.2. The Bertz CT molecular complexity index is 2310. The first-order valence-electron chi connectivity index (χ1n) is 16.4. The summed E-state index contributed by atoms with van der Waals surface area (Å²) in [5.74, 6) is 3.68. The summed E-state index contributed by atoms with van der Waals surface area (Å²) in [5.41, 5.74) is 12.2. The number of aryl methyl sites for hydroxylation is 4. The van der Waals surface area contributed by atoms with E-state index in [4.69, 9.17) is 32.0 Å². The van der Waals surface area contributed by atoms with Gasteiger partial charge < -0.3 is 23.7 Å². The number of benzene rings is 4. The molecule has 2 heterocycles. The van der Waals surface area contributed by atoms with Gasteiger partial charge in [0.15, 0.2) is 0 Å². The topological polar surface area (TPSA) is 26.3 Å². The molecule has 0 aliphatic rings. The van der Waals surface area contributed by atoms with Gasteiger partial charge >= 0.3 is 30.2 Å². The van der Waals surface area contributed by atoms with E-state index < -0.39 is 0 Å². The average Bonchev–Trinajstić information content (AvgIpc) is 3.90. The molecule has 0 atom stereocenters. The maximum absolute atomic E-state index is 6.23. The van der Waals surface area contributed by atoms with Crippen LogP contribution in [0.3, 0.4) is 0 Å². The van der Waals surface area contributed by atoms with Crippen LogP contribution in [0.1, 0.15) is 33.8 Å². The second-order valence-electron chi connectivity index (χ2n) is 12.7. The molecule has 0 saturated heterocycles. The molecular formula is C46H44Cl4O2SiZr-4. The first kappa shape index (κ1) is 47.1. The Morgan fingerprint density at radius 2 is 0.889 bits per heavy atom. The molecule has 0 spiro atoms. The van der Waals surface area contributed by atoms with Crippen molar-refractivity contribution in [3.63, 3.8) is 0 Å². The van der Waals surface area contributed by atoms with Crippen molar-refractivity contribution in [2.75, 3.05) is 0 Å². The van der Waals surface area contributed by atoms with Crippen LogP contribution in [-0.2, 0) is 23.3 Å². The third kappa shape index (κ3) is 9.83. The minimum absolute atomic E-state index is 0. The molecular weight excluding hydrogens is 846 g/mol. The monoisotopic (exact) mass is 886 g/mol. The van der Waals surface area contributed by atoms with Gasteiger partial charge in [0.25, 0.3) is 0 Å². The van der Waals surface area contributed by atoms with E-state index in [1.807, 2.05) is 74.5 Å². The van der Waals surface area contributed by atoms with Crippen LogP contribution in [0.5, 0.6) is 0 Å². The molecule has 0 saturated carbocycles. The summed E-state index contributed by atoms with van der Waals surface area (Å²) in [5, 5.41) is 6.47. The molecule has 54 heavy (non-hydrogen) atoms. The van der Waals surface area contributed by atoms with Crippen molar-refractivity contribution in [2.45, 2.75) is 41.5 Å². The molecule has 0 amide bonds. The number of halogens is 4. The van der Waals surface area contributed by atoms with E-state index in [1.165, 1.54) is 78.3 Å². The second-order valence-corrected chi connectivity index (χ2v) is 13.6. The van der Waals surface area contributed by atoms with Gasteiger partial charge in [0.2, 0.25) is 0 Å². The molecule has 0 fully saturated rings. The first-order valence-corrected chi connectivity index (χ1v) is 21.3. The Labute approximate surface area is 360 Å². The zero-order valence-corrected chi connectivity index (χ0v) is 38.4. The summed E-state index contributed by atoms with van der Waals surface area (Å²) < 4.78 is 11.6. The molecule has 6 aromatic carbocycles. The molecule has 2 nitrogen and oxygen atoms in total. The Kier molecular flexibility index (Phi) is 17.6. The van der Waals surface area contributed by atoms with Gasteiger partial charge in [0.05, 0.1) is 23.0 Å². The average molecular weight is 890 g/mol. The van der Waals surface area contributed by atoms with Crippen LogP contribution in [0.2, 0.25) is 10.0 Å². The number of furan rings is 2. The molecule has 2 radical (unpaired) electrons. The Morgan fingerprint density at radius 3 is 1.20 bits per heavy atom. The van der Waals surface area contributed by atoms with Crippen LogP contribution in [0.25, 0.3) is 66.4 Å². The van der Waals surface area contributed by atoms with Crippen LogP contribution >= 0.6 is 48.0 Å². The van der Waals surface area contributed by atoms with E-state index in [2.05, 4.69) is 83.1 Å². The third-order valence-corrected chi connectivity index (χ3v) is 9.81. The molecule has 0 aliphatic heterocycles. The minimum atomic E-state index is 0. The van der Waals surface area contributed by atoms with Crippen LogP contribution < -0.4 is 0 Å². The Morgan fingerprint density at radius 1 is 0.519 bits per heavy atom. The molecule has 8 rings (SSSR count). The summed E-state index contributed by atoms with van der Waals surface area (Å²) in [6.45, 7) is 15.7. The van der Waals surface area contributed by atoms with Gasteiger partial charge in [-0.25, -0.2) is 0 Å². The molecule has 8 heteroatoms. The number of hydrogen-bond acceptors (Lipinski definition) is 2. The van der Waals surface area contributed by atoms with Crippen molar-refractivity contribution in [1.82, 2.24) is 0 Å². The van der Waals surface area contributed by atoms with Crippen LogP contribution in [-0.4, -0.2) is 6.88 Å². The van der Waals surface area contributed by atoms with E-state index >= 15 is 0 Å². The third-order valence-electron chi connectivity index (χ3n) is 9.34.